The quantitative estimate of drug-likeness (QED) is 0.0228. The molecule has 0 aromatic rings. The van der Waals surface area contributed by atoms with Gasteiger partial charge in [0, 0.05) is 19.3 Å². The molecule has 12 nitrogen and oxygen atoms in total. The normalized spacial score (nSPS) is 18.7. The lowest BCUT2D eigenvalue weighted by atomic mass is 9.98. The van der Waals surface area contributed by atoms with E-state index in [1.165, 1.54) is 51.4 Å². The van der Waals surface area contributed by atoms with Crippen LogP contribution in [-0.4, -0.2) is 89.2 Å². The number of hydrogen-bond donors (Lipinski definition) is 3. The van der Waals surface area contributed by atoms with E-state index in [2.05, 4.69) is 81.5 Å². The largest absolute Gasteiger partial charge is 0.479 e. The predicted molar refractivity (Wildman–Crippen MR) is 294 cm³/mol. The summed E-state index contributed by atoms with van der Waals surface area (Å²) in [6.07, 6.45) is 47.6. The number of hydrogen-bond acceptors (Lipinski definition) is 11. The number of aliphatic carboxylic acids is 1. The van der Waals surface area contributed by atoms with Gasteiger partial charge in [0.15, 0.2) is 24.6 Å². The van der Waals surface area contributed by atoms with E-state index in [-0.39, 0.29) is 25.9 Å². The Bertz CT molecular complexity index is 1500. The van der Waals surface area contributed by atoms with Gasteiger partial charge in [-0.2, -0.15) is 0 Å². The van der Waals surface area contributed by atoms with Gasteiger partial charge in [-0.3, -0.25) is 14.4 Å². The minimum atomic E-state index is -1.91. The maximum Gasteiger partial charge on any atom is 0.335 e. The molecule has 1 heterocycles. The first-order valence-corrected chi connectivity index (χ1v) is 29.3. The van der Waals surface area contributed by atoms with Crippen LogP contribution in [0.2, 0.25) is 0 Å². The van der Waals surface area contributed by atoms with Crippen LogP contribution in [0.15, 0.2) is 60.8 Å². The van der Waals surface area contributed by atoms with Crippen molar-refractivity contribution in [2.75, 3.05) is 13.2 Å². The molecule has 1 aliphatic rings. The van der Waals surface area contributed by atoms with Gasteiger partial charge >= 0.3 is 23.9 Å². The Morgan fingerprint density at radius 1 is 0.466 bits per heavy atom. The third-order valence-corrected chi connectivity index (χ3v) is 13.0. The summed E-state index contributed by atoms with van der Waals surface area (Å²) in [6, 6.07) is 0. The first-order chi connectivity index (χ1) is 35.6. The summed E-state index contributed by atoms with van der Waals surface area (Å²) in [6.45, 7) is 5.82. The van der Waals surface area contributed by atoms with Gasteiger partial charge in [-0.25, -0.2) is 4.79 Å². The third kappa shape index (κ3) is 39.5. The highest BCUT2D eigenvalue weighted by Gasteiger charge is 2.50. The van der Waals surface area contributed by atoms with Crippen LogP contribution in [0.5, 0.6) is 0 Å². The standard InChI is InChI=1S/C61H104O12/c1-4-7-10-13-16-19-22-24-26-27-29-31-34-37-40-43-46-49-55(64)72-59-57(66)56(65)58(60(67)68)73-61(59)70-51-52(71-54(63)48-45-42-39-36-32-21-18-15-12-9-6-3)50-69-53(62)47-44-41-38-35-33-30-28-25-23-20-17-14-11-8-5-2/h7,10,15-16,18-19,24-26,28,52,56-59,61,65-66H,4-6,8-9,11-14,17,20-23,27,29-51H2,1-3H3,(H,67,68)/b10-7-,18-15-,19-16-,26-24-,28-25-. The van der Waals surface area contributed by atoms with E-state index in [0.717, 1.165) is 141 Å². The number of carbonyl (C=O) groups is 4. The summed E-state index contributed by atoms with van der Waals surface area (Å²) in [5, 5.41) is 31.5. The zero-order valence-corrected chi connectivity index (χ0v) is 46.1. The van der Waals surface area contributed by atoms with Crippen LogP contribution >= 0.6 is 0 Å². The monoisotopic (exact) mass is 1030 g/mol. The van der Waals surface area contributed by atoms with Crippen molar-refractivity contribution >= 4 is 23.9 Å². The molecule has 0 bridgehead atoms. The maximum absolute atomic E-state index is 13.1. The molecule has 6 unspecified atom stereocenters. The van der Waals surface area contributed by atoms with Gasteiger partial charge in [-0.15, -0.1) is 0 Å². The Balaban J connectivity index is 2.68. The first kappa shape index (κ1) is 67.4. The molecule has 0 aliphatic carbocycles. The lowest BCUT2D eigenvalue weighted by Crippen LogP contribution is -2.61. The van der Waals surface area contributed by atoms with Gasteiger partial charge in [0.2, 0.25) is 0 Å². The molecular formula is C61H104O12. The minimum absolute atomic E-state index is 0.0471. The summed E-state index contributed by atoms with van der Waals surface area (Å²) in [4.78, 5) is 51.0. The minimum Gasteiger partial charge on any atom is -0.479 e. The SMILES string of the molecule is CC/C=C\C/C=C\C/C=C\CCCCCCCCCC(=O)OC1C(OCC(COC(=O)CCCCCCC/C=C\CCCCCCCC)OC(=O)CCCCCCC/C=C\CCCC)OC(C(=O)O)C(O)C1O. The second kappa shape index (κ2) is 49.3. The van der Waals surface area contributed by atoms with Crippen LogP contribution in [0, 0.1) is 0 Å². The van der Waals surface area contributed by atoms with Gasteiger partial charge in [0.1, 0.15) is 18.8 Å². The molecular weight excluding hydrogens is 925 g/mol. The highest BCUT2D eigenvalue weighted by molar-refractivity contribution is 5.74. The Morgan fingerprint density at radius 2 is 0.877 bits per heavy atom. The highest BCUT2D eigenvalue weighted by Crippen LogP contribution is 2.26. The van der Waals surface area contributed by atoms with Gasteiger partial charge in [-0.1, -0.05) is 197 Å². The summed E-state index contributed by atoms with van der Waals surface area (Å²) in [5.74, 6) is -3.15. The number of carbonyl (C=O) groups excluding carboxylic acids is 3. The Morgan fingerprint density at radius 3 is 1.37 bits per heavy atom. The molecule has 0 amide bonds. The summed E-state index contributed by atoms with van der Waals surface area (Å²) in [5.41, 5.74) is 0. The van der Waals surface area contributed by atoms with Gasteiger partial charge in [0.25, 0.3) is 0 Å². The van der Waals surface area contributed by atoms with Crippen molar-refractivity contribution in [1.82, 2.24) is 0 Å². The molecule has 73 heavy (non-hydrogen) atoms. The molecule has 0 aromatic heterocycles. The number of allylic oxidation sites excluding steroid dienone is 10. The zero-order chi connectivity index (χ0) is 53.3. The summed E-state index contributed by atoms with van der Waals surface area (Å²) >= 11 is 0. The Labute approximate surface area is 443 Å². The number of unbranched alkanes of at least 4 members (excludes halogenated alkanes) is 25. The van der Waals surface area contributed by atoms with Crippen LogP contribution in [-0.2, 0) is 42.9 Å². The van der Waals surface area contributed by atoms with E-state index in [9.17, 15) is 34.5 Å². The van der Waals surface area contributed by atoms with E-state index in [1.54, 1.807) is 0 Å². The van der Waals surface area contributed by atoms with Crippen LogP contribution in [0.25, 0.3) is 0 Å². The molecule has 6 atom stereocenters. The van der Waals surface area contributed by atoms with Crippen molar-refractivity contribution in [1.29, 1.82) is 0 Å². The number of carboxylic acid groups (broad SMARTS) is 1. The van der Waals surface area contributed by atoms with Crippen molar-refractivity contribution in [2.24, 2.45) is 0 Å². The van der Waals surface area contributed by atoms with Gasteiger partial charge in [-0.05, 0) is 96.3 Å². The molecule has 0 saturated carbocycles. The third-order valence-electron chi connectivity index (χ3n) is 13.0. The lowest BCUT2D eigenvalue weighted by molar-refractivity contribution is -0.301. The Hall–Kier alpha value is -3.58. The number of carboxylic acids is 1. The van der Waals surface area contributed by atoms with Crippen molar-refractivity contribution in [3.8, 4) is 0 Å². The number of rotatable bonds is 49. The topological polar surface area (TPSA) is 175 Å². The molecule has 1 aliphatic heterocycles. The molecule has 3 N–H and O–H groups in total. The van der Waals surface area contributed by atoms with Crippen molar-refractivity contribution < 1.29 is 58.2 Å². The molecule has 1 rings (SSSR count). The maximum atomic E-state index is 13.1. The second-order valence-corrected chi connectivity index (χ2v) is 19.9. The van der Waals surface area contributed by atoms with E-state index in [1.807, 2.05) is 0 Å². The molecule has 1 saturated heterocycles. The zero-order valence-electron chi connectivity index (χ0n) is 46.1. The van der Waals surface area contributed by atoms with Crippen molar-refractivity contribution in [3.05, 3.63) is 60.8 Å². The second-order valence-electron chi connectivity index (χ2n) is 19.9. The molecule has 1 fully saturated rings. The molecule has 420 valence electrons. The average Bonchev–Trinajstić information content (AvgIpc) is 3.37. The van der Waals surface area contributed by atoms with E-state index < -0.39 is 67.3 Å². The smallest absolute Gasteiger partial charge is 0.335 e. The number of ether oxygens (including phenoxy) is 5. The Kier molecular flexibility index (Phi) is 45.5. The van der Waals surface area contributed by atoms with Crippen molar-refractivity contribution in [2.45, 2.75) is 289 Å². The van der Waals surface area contributed by atoms with Crippen LogP contribution in [0.1, 0.15) is 252 Å². The fraction of sp³-hybridized carbons (Fsp3) is 0.770. The number of aliphatic hydroxyl groups excluding tert-OH is 2. The van der Waals surface area contributed by atoms with E-state index >= 15 is 0 Å². The molecule has 0 radical (unpaired) electrons. The van der Waals surface area contributed by atoms with Crippen LogP contribution in [0.3, 0.4) is 0 Å². The number of esters is 3. The lowest BCUT2D eigenvalue weighted by Gasteiger charge is -2.40. The highest BCUT2D eigenvalue weighted by atomic mass is 16.7. The van der Waals surface area contributed by atoms with Crippen LogP contribution in [0.4, 0.5) is 0 Å². The summed E-state index contributed by atoms with van der Waals surface area (Å²) in [7, 11) is 0. The number of aliphatic hydroxyl groups is 2. The molecule has 0 aromatic carbocycles. The first-order valence-electron chi connectivity index (χ1n) is 29.3. The van der Waals surface area contributed by atoms with E-state index in [4.69, 9.17) is 23.7 Å². The average molecular weight is 1030 g/mol. The predicted octanol–water partition coefficient (Wildman–Crippen LogP) is 14.8. The van der Waals surface area contributed by atoms with Crippen molar-refractivity contribution in [3.63, 3.8) is 0 Å². The summed E-state index contributed by atoms with van der Waals surface area (Å²) < 4.78 is 28.4. The van der Waals surface area contributed by atoms with E-state index in [0.29, 0.717) is 19.3 Å². The fourth-order valence-electron chi connectivity index (χ4n) is 8.53. The molecule has 12 heteroatoms. The van der Waals surface area contributed by atoms with Gasteiger partial charge < -0.3 is 39.0 Å². The van der Waals surface area contributed by atoms with Crippen LogP contribution < -0.4 is 0 Å². The molecule has 0 spiro atoms. The van der Waals surface area contributed by atoms with Gasteiger partial charge in [0.05, 0.1) is 6.61 Å². The fourth-order valence-corrected chi connectivity index (χ4v) is 8.53.